The number of carbonyl (C=O) groups excluding carboxylic acids is 1. The maximum absolute atomic E-state index is 11.8. The minimum Gasteiger partial charge on any atom is -0.350 e. The lowest BCUT2D eigenvalue weighted by molar-refractivity contribution is -0.131. The third kappa shape index (κ3) is 3.19. The van der Waals surface area contributed by atoms with Crippen LogP contribution in [0.4, 0.5) is 0 Å². The van der Waals surface area contributed by atoms with Gasteiger partial charge in [0.15, 0.2) is 0 Å². The van der Waals surface area contributed by atoms with Crippen LogP contribution in [0, 0.1) is 11.3 Å². The SMILES string of the molecule is CSc1ncc(CNC(=O)C2CC(C)(C)C2)nn1. The van der Waals surface area contributed by atoms with E-state index in [0.29, 0.717) is 22.8 Å². The number of rotatable bonds is 4. The zero-order valence-electron chi connectivity index (χ0n) is 10.9. The van der Waals surface area contributed by atoms with Gasteiger partial charge in [-0.1, -0.05) is 25.6 Å². The smallest absolute Gasteiger partial charge is 0.223 e. The Morgan fingerprint density at radius 3 is 2.72 bits per heavy atom. The van der Waals surface area contributed by atoms with Gasteiger partial charge in [0.2, 0.25) is 11.1 Å². The molecule has 1 aromatic heterocycles. The average molecular weight is 266 g/mol. The maximum Gasteiger partial charge on any atom is 0.223 e. The summed E-state index contributed by atoms with van der Waals surface area (Å²) >= 11 is 1.45. The van der Waals surface area contributed by atoms with Crippen molar-refractivity contribution in [3.05, 3.63) is 11.9 Å². The largest absolute Gasteiger partial charge is 0.350 e. The number of thioether (sulfide) groups is 1. The van der Waals surface area contributed by atoms with E-state index in [4.69, 9.17) is 0 Å². The Hall–Kier alpha value is -1.17. The predicted octanol–water partition coefficient (Wildman–Crippen LogP) is 1.65. The van der Waals surface area contributed by atoms with Gasteiger partial charge in [-0.05, 0) is 24.5 Å². The molecule has 1 aromatic rings. The van der Waals surface area contributed by atoms with E-state index in [9.17, 15) is 4.79 Å². The quantitative estimate of drug-likeness (QED) is 0.839. The number of aromatic nitrogens is 3. The van der Waals surface area contributed by atoms with E-state index in [-0.39, 0.29) is 11.8 Å². The molecule has 2 rings (SSSR count). The lowest BCUT2D eigenvalue weighted by Crippen LogP contribution is -2.42. The summed E-state index contributed by atoms with van der Waals surface area (Å²) < 4.78 is 0. The summed E-state index contributed by atoms with van der Waals surface area (Å²) in [5.74, 6) is 0.274. The Morgan fingerprint density at radius 1 is 1.50 bits per heavy atom. The molecule has 0 atom stereocenters. The molecule has 0 radical (unpaired) electrons. The van der Waals surface area contributed by atoms with Crippen LogP contribution >= 0.6 is 11.8 Å². The number of amides is 1. The Morgan fingerprint density at radius 2 is 2.22 bits per heavy atom. The van der Waals surface area contributed by atoms with E-state index in [2.05, 4.69) is 34.3 Å². The third-order valence-corrected chi connectivity index (χ3v) is 3.74. The number of hydrogen-bond donors (Lipinski definition) is 1. The molecule has 1 amide bonds. The fraction of sp³-hybridized carbons (Fsp3) is 0.667. The van der Waals surface area contributed by atoms with Gasteiger partial charge in [-0.25, -0.2) is 4.98 Å². The molecule has 1 N–H and O–H groups in total. The summed E-state index contributed by atoms with van der Waals surface area (Å²) in [5, 5.41) is 11.5. The first-order valence-corrected chi connectivity index (χ1v) is 7.23. The summed E-state index contributed by atoms with van der Waals surface area (Å²) in [5.41, 5.74) is 1.02. The summed E-state index contributed by atoms with van der Waals surface area (Å²) in [7, 11) is 0. The Balaban J connectivity index is 1.79. The van der Waals surface area contributed by atoms with Gasteiger partial charge in [0, 0.05) is 5.92 Å². The molecule has 98 valence electrons. The second-order valence-corrected chi connectivity index (χ2v) is 6.20. The highest BCUT2D eigenvalue weighted by atomic mass is 32.2. The molecule has 0 aromatic carbocycles. The molecule has 0 saturated heterocycles. The zero-order valence-corrected chi connectivity index (χ0v) is 11.8. The first-order chi connectivity index (χ1) is 8.50. The van der Waals surface area contributed by atoms with Gasteiger partial charge < -0.3 is 5.32 Å². The molecule has 0 spiro atoms. The maximum atomic E-state index is 11.8. The lowest BCUT2D eigenvalue weighted by atomic mass is 9.64. The van der Waals surface area contributed by atoms with Crippen molar-refractivity contribution >= 4 is 17.7 Å². The van der Waals surface area contributed by atoms with Crippen LogP contribution in [0.2, 0.25) is 0 Å². The Bertz CT molecular complexity index is 424. The van der Waals surface area contributed by atoms with E-state index in [1.54, 1.807) is 6.20 Å². The minimum atomic E-state index is 0.116. The summed E-state index contributed by atoms with van der Waals surface area (Å²) in [4.78, 5) is 15.9. The van der Waals surface area contributed by atoms with Crippen molar-refractivity contribution in [3.8, 4) is 0 Å². The molecule has 0 unspecified atom stereocenters. The second kappa shape index (κ2) is 5.22. The number of nitrogens with zero attached hydrogens (tertiary/aromatic N) is 3. The van der Waals surface area contributed by atoms with Crippen molar-refractivity contribution in [1.82, 2.24) is 20.5 Å². The number of hydrogen-bond acceptors (Lipinski definition) is 5. The normalized spacial score (nSPS) is 18.2. The topological polar surface area (TPSA) is 67.8 Å². The minimum absolute atomic E-state index is 0.116. The standard InChI is InChI=1S/C12H18N4OS/c1-12(2)4-8(5-12)10(17)13-6-9-7-14-11(18-3)16-15-9/h7-8H,4-6H2,1-3H3,(H,13,17). The van der Waals surface area contributed by atoms with Gasteiger partial charge in [-0.2, -0.15) is 0 Å². The summed E-state index contributed by atoms with van der Waals surface area (Å²) in [6.07, 6.45) is 5.49. The van der Waals surface area contributed by atoms with Crippen molar-refractivity contribution in [2.45, 2.75) is 38.4 Å². The van der Waals surface area contributed by atoms with E-state index in [1.807, 2.05) is 6.26 Å². The summed E-state index contributed by atoms with van der Waals surface area (Å²) in [6, 6.07) is 0. The first kappa shape index (κ1) is 13.3. The Kier molecular flexibility index (Phi) is 3.85. The molecule has 1 fully saturated rings. The molecule has 5 nitrogen and oxygen atoms in total. The van der Waals surface area contributed by atoms with Crippen molar-refractivity contribution in [2.24, 2.45) is 11.3 Å². The second-order valence-electron chi connectivity index (χ2n) is 5.42. The average Bonchev–Trinajstić information content (AvgIpc) is 2.33. The summed E-state index contributed by atoms with van der Waals surface area (Å²) in [6.45, 7) is 4.78. The molecular formula is C12H18N4OS. The fourth-order valence-electron chi connectivity index (χ4n) is 2.24. The van der Waals surface area contributed by atoms with Crippen molar-refractivity contribution < 1.29 is 4.79 Å². The number of nitrogens with one attached hydrogen (secondary N) is 1. The van der Waals surface area contributed by atoms with Crippen molar-refractivity contribution in [2.75, 3.05) is 6.26 Å². The first-order valence-electron chi connectivity index (χ1n) is 6.00. The fourth-order valence-corrected chi connectivity index (χ4v) is 2.53. The molecule has 0 bridgehead atoms. The molecule has 1 aliphatic rings. The van der Waals surface area contributed by atoms with Crippen LogP contribution in [0.15, 0.2) is 11.4 Å². The highest BCUT2D eigenvalue weighted by Gasteiger charge is 2.40. The molecule has 1 heterocycles. The van der Waals surface area contributed by atoms with Crippen LogP contribution in [0.25, 0.3) is 0 Å². The lowest BCUT2D eigenvalue weighted by Gasteiger charge is -2.41. The van der Waals surface area contributed by atoms with Crippen molar-refractivity contribution in [3.63, 3.8) is 0 Å². The van der Waals surface area contributed by atoms with Gasteiger partial charge >= 0.3 is 0 Å². The third-order valence-electron chi connectivity index (χ3n) is 3.18. The van der Waals surface area contributed by atoms with Gasteiger partial charge in [0.25, 0.3) is 0 Å². The van der Waals surface area contributed by atoms with Gasteiger partial charge in [-0.3, -0.25) is 4.79 Å². The molecule has 6 heteroatoms. The molecule has 0 aliphatic heterocycles. The monoisotopic (exact) mass is 266 g/mol. The predicted molar refractivity (Wildman–Crippen MR) is 70.0 cm³/mol. The van der Waals surface area contributed by atoms with Crippen LogP contribution < -0.4 is 5.32 Å². The van der Waals surface area contributed by atoms with Gasteiger partial charge in [0.05, 0.1) is 12.7 Å². The highest BCUT2D eigenvalue weighted by Crippen LogP contribution is 2.44. The van der Waals surface area contributed by atoms with E-state index >= 15 is 0 Å². The van der Waals surface area contributed by atoms with Crippen LogP contribution in [-0.4, -0.2) is 27.3 Å². The highest BCUT2D eigenvalue weighted by molar-refractivity contribution is 7.98. The van der Waals surface area contributed by atoms with Crippen molar-refractivity contribution in [1.29, 1.82) is 0 Å². The Labute approximate surface area is 111 Å². The number of carbonyl (C=O) groups is 1. The van der Waals surface area contributed by atoms with Crippen LogP contribution in [0.5, 0.6) is 0 Å². The van der Waals surface area contributed by atoms with Crippen LogP contribution in [0.1, 0.15) is 32.4 Å². The van der Waals surface area contributed by atoms with E-state index in [1.165, 1.54) is 11.8 Å². The van der Waals surface area contributed by atoms with E-state index in [0.717, 1.165) is 12.8 Å². The molecule has 1 aliphatic carbocycles. The molecule has 18 heavy (non-hydrogen) atoms. The van der Waals surface area contributed by atoms with Gasteiger partial charge in [0.1, 0.15) is 5.69 Å². The zero-order chi connectivity index (χ0) is 13.2. The molecular weight excluding hydrogens is 248 g/mol. The molecule has 1 saturated carbocycles. The van der Waals surface area contributed by atoms with E-state index < -0.39 is 0 Å². The van der Waals surface area contributed by atoms with Crippen LogP contribution in [0.3, 0.4) is 0 Å². The van der Waals surface area contributed by atoms with Gasteiger partial charge in [-0.15, -0.1) is 10.2 Å². The van der Waals surface area contributed by atoms with Crippen LogP contribution in [-0.2, 0) is 11.3 Å².